The lowest BCUT2D eigenvalue weighted by atomic mass is 9.76. The van der Waals surface area contributed by atoms with Gasteiger partial charge in [-0.25, -0.2) is 0 Å². The Morgan fingerprint density at radius 2 is 2.05 bits per heavy atom. The van der Waals surface area contributed by atoms with E-state index in [1.807, 2.05) is 6.07 Å². The molecule has 116 valence electrons. The minimum absolute atomic E-state index is 0.200. The smallest absolute Gasteiger partial charge is 0.227 e. The summed E-state index contributed by atoms with van der Waals surface area (Å²) in [6.45, 7) is 6.83. The van der Waals surface area contributed by atoms with E-state index < -0.39 is 0 Å². The zero-order valence-electron chi connectivity index (χ0n) is 13.4. The molecule has 1 amide bonds. The molecule has 2 N–H and O–H groups in total. The van der Waals surface area contributed by atoms with E-state index in [-0.39, 0.29) is 11.3 Å². The molecule has 3 heteroatoms. The topological polar surface area (TPSA) is 41.1 Å². The number of carbonyl (C=O) groups is 1. The zero-order chi connectivity index (χ0) is 15.1. The highest BCUT2D eigenvalue weighted by Gasteiger charge is 2.38. The molecule has 1 fully saturated rings. The van der Waals surface area contributed by atoms with Crippen LogP contribution in [-0.4, -0.2) is 19.0 Å². The summed E-state index contributed by atoms with van der Waals surface area (Å²) in [6, 6.07) is 8.37. The van der Waals surface area contributed by atoms with Crippen molar-refractivity contribution in [1.29, 1.82) is 0 Å². The molecule has 1 heterocycles. The molecule has 21 heavy (non-hydrogen) atoms. The maximum absolute atomic E-state index is 12.7. The van der Waals surface area contributed by atoms with Crippen LogP contribution in [0.4, 0.5) is 0 Å². The predicted octanol–water partition coefficient (Wildman–Crippen LogP) is 3.04. The largest absolute Gasteiger partial charge is 0.351 e. The summed E-state index contributed by atoms with van der Waals surface area (Å²) in [5.41, 5.74) is 2.36. The first-order valence-electron chi connectivity index (χ1n) is 8.27. The van der Waals surface area contributed by atoms with Gasteiger partial charge < -0.3 is 10.6 Å². The number of hydrogen-bond donors (Lipinski definition) is 2. The van der Waals surface area contributed by atoms with Gasteiger partial charge in [0.05, 0.1) is 5.41 Å². The second kappa shape index (κ2) is 7.60. The van der Waals surface area contributed by atoms with Gasteiger partial charge in [-0.15, -0.1) is 0 Å². The Hall–Kier alpha value is -1.35. The van der Waals surface area contributed by atoms with Gasteiger partial charge in [-0.2, -0.15) is 0 Å². The Morgan fingerprint density at radius 1 is 1.29 bits per heavy atom. The van der Waals surface area contributed by atoms with Crippen molar-refractivity contribution in [3.63, 3.8) is 0 Å². The quantitative estimate of drug-likeness (QED) is 0.845. The number of amides is 1. The predicted molar refractivity (Wildman–Crippen MR) is 87.1 cm³/mol. The van der Waals surface area contributed by atoms with Crippen LogP contribution in [0.3, 0.4) is 0 Å². The highest BCUT2D eigenvalue weighted by Crippen LogP contribution is 2.32. The van der Waals surface area contributed by atoms with Gasteiger partial charge in [0.25, 0.3) is 0 Å². The van der Waals surface area contributed by atoms with E-state index in [9.17, 15) is 4.79 Å². The van der Waals surface area contributed by atoms with E-state index in [0.717, 1.165) is 45.2 Å². The Morgan fingerprint density at radius 3 is 2.67 bits per heavy atom. The lowest BCUT2D eigenvalue weighted by Crippen LogP contribution is -2.50. The van der Waals surface area contributed by atoms with Crippen molar-refractivity contribution in [1.82, 2.24) is 10.6 Å². The van der Waals surface area contributed by atoms with E-state index in [1.54, 1.807) is 0 Å². The van der Waals surface area contributed by atoms with Gasteiger partial charge in [0.15, 0.2) is 0 Å². The molecule has 0 spiro atoms. The van der Waals surface area contributed by atoms with Gasteiger partial charge >= 0.3 is 0 Å². The van der Waals surface area contributed by atoms with Crippen molar-refractivity contribution in [2.75, 3.05) is 13.1 Å². The Kier molecular flexibility index (Phi) is 5.80. The molecule has 0 bridgehead atoms. The number of aryl methyl sites for hydroxylation is 1. The third-order valence-electron chi connectivity index (χ3n) is 4.62. The Bertz CT molecular complexity index is 459. The minimum atomic E-state index is -0.200. The first-order chi connectivity index (χ1) is 10.2. The molecule has 1 aromatic rings. The average molecular weight is 288 g/mol. The molecule has 3 nitrogen and oxygen atoms in total. The number of benzene rings is 1. The van der Waals surface area contributed by atoms with Crippen molar-refractivity contribution in [3.05, 3.63) is 35.4 Å². The molecule has 0 radical (unpaired) electrons. The van der Waals surface area contributed by atoms with Crippen LogP contribution >= 0.6 is 0 Å². The van der Waals surface area contributed by atoms with Gasteiger partial charge in [-0.1, -0.05) is 44.5 Å². The molecule has 1 aromatic carbocycles. The number of nitrogens with one attached hydrogen (secondary N) is 2. The van der Waals surface area contributed by atoms with Crippen LogP contribution in [-0.2, 0) is 17.8 Å². The van der Waals surface area contributed by atoms with Gasteiger partial charge in [0.1, 0.15) is 0 Å². The first kappa shape index (κ1) is 16.0. The second-order valence-corrected chi connectivity index (χ2v) is 6.12. The van der Waals surface area contributed by atoms with E-state index in [2.05, 4.69) is 42.7 Å². The fourth-order valence-electron chi connectivity index (χ4n) is 3.40. The molecular weight excluding hydrogens is 260 g/mol. The summed E-state index contributed by atoms with van der Waals surface area (Å²) in [7, 11) is 0. The standard InChI is InChI=1S/C18H28N2O/c1-3-10-18(11-7-12-19-14-18)17(21)20-13-16-9-6-5-8-15(16)4-2/h5-6,8-9,19H,3-4,7,10-14H2,1-2H3,(H,20,21). The maximum Gasteiger partial charge on any atom is 0.227 e. The van der Waals surface area contributed by atoms with Crippen LogP contribution in [0.1, 0.15) is 50.7 Å². The van der Waals surface area contributed by atoms with Crippen LogP contribution in [0.25, 0.3) is 0 Å². The summed E-state index contributed by atoms with van der Waals surface area (Å²) in [4.78, 5) is 12.7. The van der Waals surface area contributed by atoms with Gasteiger partial charge in [0, 0.05) is 13.1 Å². The summed E-state index contributed by atoms with van der Waals surface area (Å²) in [5, 5.41) is 6.59. The van der Waals surface area contributed by atoms with Crippen molar-refractivity contribution < 1.29 is 4.79 Å². The van der Waals surface area contributed by atoms with Crippen LogP contribution in [0.15, 0.2) is 24.3 Å². The van der Waals surface area contributed by atoms with Crippen molar-refractivity contribution in [2.45, 2.75) is 52.5 Å². The molecular formula is C18H28N2O. The van der Waals surface area contributed by atoms with Crippen LogP contribution < -0.4 is 10.6 Å². The summed E-state index contributed by atoms with van der Waals surface area (Å²) in [5.74, 6) is 0.224. The van der Waals surface area contributed by atoms with Crippen LogP contribution in [0.2, 0.25) is 0 Å². The molecule has 0 aromatic heterocycles. The summed E-state index contributed by atoms with van der Waals surface area (Å²) in [6.07, 6.45) is 5.14. The van der Waals surface area contributed by atoms with Crippen LogP contribution in [0.5, 0.6) is 0 Å². The highest BCUT2D eigenvalue weighted by atomic mass is 16.2. The molecule has 1 aliphatic rings. The third-order valence-corrected chi connectivity index (χ3v) is 4.62. The third kappa shape index (κ3) is 3.85. The van der Waals surface area contributed by atoms with Gasteiger partial charge in [-0.05, 0) is 43.4 Å². The molecule has 1 saturated heterocycles. The van der Waals surface area contributed by atoms with E-state index in [0.29, 0.717) is 6.54 Å². The first-order valence-corrected chi connectivity index (χ1v) is 8.27. The van der Waals surface area contributed by atoms with Crippen molar-refractivity contribution in [2.24, 2.45) is 5.41 Å². The molecule has 2 rings (SSSR count). The monoisotopic (exact) mass is 288 g/mol. The molecule has 0 aliphatic carbocycles. The van der Waals surface area contributed by atoms with E-state index in [4.69, 9.17) is 0 Å². The fourth-order valence-corrected chi connectivity index (χ4v) is 3.40. The Balaban J connectivity index is 2.02. The van der Waals surface area contributed by atoms with Gasteiger partial charge in [0.2, 0.25) is 5.91 Å². The van der Waals surface area contributed by atoms with E-state index in [1.165, 1.54) is 11.1 Å². The number of rotatable bonds is 6. The van der Waals surface area contributed by atoms with E-state index >= 15 is 0 Å². The number of carbonyl (C=O) groups excluding carboxylic acids is 1. The fraction of sp³-hybridized carbons (Fsp3) is 0.611. The van der Waals surface area contributed by atoms with Crippen LogP contribution in [0, 0.1) is 5.41 Å². The molecule has 1 aliphatic heterocycles. The lowest BCUT2D eigenvalue weighted by Gasteiger charge is -2.36. The maximum atomic E-state index is 12.7. The Labute approximate surface area is 128 Å². The zero-order valence-corrected chi connectivity index (χ0v) is 13.4. The molecule has 1 atom stereocenters. The number of piperidine rings is 1. The highest BCUT2D eigenvalue weighted by molar-refractivity contribution is 5.83. The second-order valence-electron chi connectivity index (χ2n) is 6.12. The van der Waals surface area contributed by atoms with Gasteiger partial charge in [-0.3, -0.25) is 4.79 Å². The lowest BCUT2D eigenvalue weighted by molar-refractivity contribution is -0.132. The average Bonchev–Trinajstić information content (AvgIpc) is 2.54. The summed E-state index contributed by atoms with van der Waals surface area (Å²) >= 11 is 0. The normalized spacial score (nSPS) is 22.0. The van der Waals surface area contributed by atoms with Crippen molar-refractivity contribution in [3.8, 4) is 0 Å². The SMILES string of the molecule is CCCC1(C(=O)NCc2ccccc2CC)CCCNC1. The summed E-state index contributed by atoms with van der Waals surface area (Å²) < 4.78 is 0. The number of hydrogen-bond acceptors (Lipinski definition) is 2. The minimum Gasteiger partial charge on any atom is -0.351 e. The molecule has 0 saturated carbocycles. The molecule has 1 unspecified atom stereocenters. The van der Waals surface area contributed by atoms with Crippen molar-refractivity contribution >= 4 is 5.91 Å².